The highest BCUT2D eigenvalue weighted by Gasteiger charge is 2.13. The summed E-state index contributed by atoms with van der Waals surface area (Å²) in [5.74, 6) is 0.248. The van der Waals surface area contributed by atoms with Crippen molar-refractivity contribution in [1.82, 2.24) is 9.97 Å². The molecule has 20 heavy (non-hydrogen) atoms. The summed E-state index contributed by atoms with van der Waals surface area (Å²) in [6.07, 6.45) is 1.54. The van der Waals surface area contributed by atoms with Crippen LogP contribution in [-0.2, 0) is 0 Å². The van der Waals surface area contributed by atoms with E-state index < -0.39 is 0 Å². The van der Waals surface area contributed by atoms with Crippen LogP contribution in [0.5, 0.6) is 5.88 Å². The highest BCUT2D eigenvalue weighted by Crippen LogP contribution is 2.17. The van der Waals surface area contributed by atoms with Gasteiger partial charge in [-0.25, -0.2) is 9.97 Å². The molecule has 0 aliphatic heterocycles. The van der Waals surface area contributed by atoms with Crippen LogP contribution in [0.2, 0.25) is 0 Å². The second-order valence-corrected chi connectivity index (χ2v) is 5.02. The number of aromatic nitrogens is 2. The van der Waals surface area contributed by atoms with Gasteiger partial charge in [-0.15, -0.1) is 11.3 Å². The number of nitrogens with two attached hydrogens (primary N) is 1. The second kappa shape index (κ2) is 6.44. The number of amides is 1. The van der Waals surface area contributed by atoms with Gasteiger partial charge >= 0.3 is 0 Å². The average Bonchev–Trinajstić information content (AvgIpc) is 2.91. The summed E-state index contributed by atoms with van der Waals surface area (Å²) in [7, 11) is 0. The van der Waals surface area contributed by atoms with Crippen molar-refractivity contribution in [3.63, 3.8) is 0 Å². The van der Waals surface area contributed by atoms with Crippen molar-refractivity contribution in [3.8, 4) is 5.88 Å². The molecule has 0 fully saturated rings. The molecule has 0 spiro atoms. The Morgan fingerprint density at radius 1 is 1.55 bits per heavy atom. The van der Waals surface area contributed by atoms with E-state index >= 15 is 0 Å². The van der Waals surface area contributed by atoms with Crippen LogP contribution >= 0.6 is 11.3 Å². The summed E-state index contributed by atoms with van der Waals surface area (Å²) >= 11 is 1.37. The van der Waals surface area contributed by atoms with Gasteiger partial charge in [0.25, 0.3) is 5.91 Å². The Labute approximate surface area is 121 Å². The molecular weight excluding hydrogens is 276 g/mol. The Hall–Kier alpha value is -1.99. The van der Waals surface area contributed by atoms with E-state index in [1.54, 1.807) is 23.7 Å². The van der Waals surface area contributed by atoms with Gasteiger partial charge in [-0.05, 0) is 19.9 Å². The zero-order valence-electron chi connectivity index (χ0n) is 11.3. The molecule has 106 valence electrons. The van der Waals surface area contributed by atoms with Gasteiger partial charge in [0.2, 0.25) is 5.88 Å². The van der Waals surface area contributed by atoms with Crippen molar-refractivity contribution in [3.05, 3.63) is 34.4 Å². The molecule has 0 saturated heterocycles. The fourth-order valence-electron chi connectivity index (χ4n) is 1.48. The zero-order valence-corrected chi connectivity index (χ0v) is 12.1. The van der Waals surface area contributed by atoms with Gasteiger partial charge in [-0.2, -0.15) is 0 Å². The number of anilines is 1. The molecule has 1 amide bonds. The topological polar surface area (TPSA) is 90.1 Å². The van der Waals surface area contributed by atoms with Crippen molar-refractivity contribution in [2.45, 2.75) is 19.9 Å². The average molecular weight is 292 g/mol. The third kappa shape index (κ3) is 3.52. The number of ether oxygens (including phenoxy) is 1. The summed E-state index contributed by atoms with van der Waals surface area (Å²) in [6.45, 7) is 4.27. The number of nitrogens with zero attached hydrogens (tertiary/aromatic N) is 2. The first-order valence-electron chi connectivity index (χ1n) is 6.21. The molecule has 0 radical (unpaired) electrons. The molecule has 3 N–H and O–H groups in total. The summed E-state index contributed by atoms with van der Waals surface area (Å²) in [5, 5.41) is 5.15. The van der Waals surface area contributed by atoms with Gasteiger partial charge in [-0.3, -0.25) is 4.79 Å². The Kier molecular flexibility index (Phi) is 4.65. The number of carbonyl (C=O) groups is 1. The van der Waals surface area contributed by atoms with Crippen molar-refractivity contribution in [2.24, 2.45) is 5.73 Å². The van der Waals surface area contributed by atoms with Gasteiger partial charge in [0.1, 0.15) is 10.7 Å². The largest absolute Gasteiger partial charge is 0.478 e. The number of hydrogen-bond acceptors (Lipinski definition) is 6. The maximum absolute atomic E-state index is 12.0. The molecule has 1 atom stereocenters. The van der Waals surface area contributed by atoms with Crippen LogP contribution in [0.3, 0.4) is 0 Å². The highest BCUT2D eigenvalue weighted by molar-refractivity contribution is 7.09. The Balaban J connectivity index is 2.03. The van der Waals surface area contributed by atoms with E-state index in [0.29, 0.717) is 23.9 Å². The SMILES string of the molecule is CCOc1ccc(NC(=O)c2csc(C(C)N)n2)cn1. The Morgan fingerprint density at radius 2 is 2.35 bits per heavy atom. The van der Waals surface area contributed by atoms with Crippen LogP contribution in [0, 0.1) is 0 Å². The van der Waals surface area contributed by atoms with Crippen LogP contribution in [0.15, 0.2) is 23.7 Å². The predicted octanol–water partition coefficient (Wildman–Crippen LogP) is 2.21. The minimum atomic E-state index is -0.279. The lowest BCUT2D eigenvalue weighted by Crippen LogP contribution is -2.13. The number of hydrogen-bond donors (Lipinski definition) is 2. The molecule has 0 aromatic carbocycles. The molecule has 2 heterocycles. The molecule has 0 saturated carbocycles. The minimum Gasteiger partial charge on any atom is -0.478 e. The molecular formula is C13H16N4O2S. The van der Waals surface area contributed by atoms with E-state index in [2.05, 4.69) is 15.3 Å². The summed E-state index contributed by atoms with van der Waals surface area (Å²) in [4.78, 5) is 20.3. The van der Waals surface area contributed by atoms with Crippen molar-refractivity contribution in [2.75, 3.05) is 11.9 Å². The van der Waals surface area contributed by atoms with Crippen LogP contribution in [0.25, 0.3) is 0 Å². The Morgan fingerprint density at radius 3 is 2.90 bits per heavy atom. The number of thiazole rings is 1. The molecule has 2 aromatic heterocycles. The number of carbonyl (C=O) groups excluding carboxylic acids is 1. The summed E-state index contributed by atoms with van der Waals surface area (Å²) in [6, 6.07) is 3.26. The van der Waals surface area contributed by atoms with E-state index in [9.17, 15) is 4.79 Å². The molecule has 1 unspecified atom stereocenters. The van der Waals surface area contributed by atoms with E-state index in [4.69, 9.17) is 10.5 Å². The third-order valence-electron chi connectivity index (χ3n) is 2.43. The first kappa shape index (κ1) is 14.4. The fourth-order valence-corrected chi connectivity index (χ4v) is 2.24. The minimum absolute atomic E-state index is 0.173. The lowest BCUT2D eigenvalue weighted by Gasteiger charge is -2.05. The Bertz CT molecular complexity index is 580. The quantitative estimate of drug-likeness (QED) is 0.881. The number of pyridine rings is 1. The van der Waals surface area contributed by atoms with Crippen molar-refractivity contribution >= 4 is 22.9 Å². The van der Waals surface area contributed by atoms with Gasteiger partial charge in [0.15, 0.2) is 0 Å². The molecule has 0 aliphatic carbocycles. The summed E-state index contributed by atoms with van der Waals surface area (Å²) in [5.41, 5.74) is 6.67. The van der Waals surface area contributed by atoms with Crippen molar-refractivity contribution in [1.29, 1.82) is 0 Å². The monoisotopic (exact) mass is 292 g/mol. The second-order valence-electron chi connectivity index (χ2n) is 4.13. The van der Waals surface area contributed by atoms with Gasteiger partial charge in [-0.1, -0.05) is 0 Å². The maximum Gasteiger partial charge on any atom is 0.275 e. The van der Waals surface area contributed by atoms with E-state index in [0.717, 1.165) is 5.01 Å². The smallest absolute Gasteiger partial charge is 0.275 e. The first-order chi connectivity index (χ1) is 9.60. The molecule has 0 bridgehead atoms. The number of rotatable bonds is 5. The highest BCUT2D eigenvalue weighted by atomic mass is 32.1. The molecule has 2 aromatic rings. The molecule has 6 nitrogen and oxygen atoms in total. The molecule has 0 aliphatic rings. The van der Waals surface area contributed by atoms with Crippen LogP contribution in [-0.4, -0.2) is 22.5 Å². The lowest BCUT2D eigenvalue weighted by molar-refractivity contribution is 0.102. The first-order valence-corrected chi connectivity index (χ1v) is 7.09. The van der Waals surface area contributed by atoms with E-state index in [1.807, 2.05) is 13.8 Å². The van der Waals surface area contributed by atoms with Gasteiger partial charge < -0.3 is 15.8 Å². The number of nitrogens with one attached hydrogen (secondary N) is 1. The maximum atomic E-state index is 12.0. The van der Waals surface area contributed by atoms with Gasteiger partial charge in [0.05, 0.1) is 24.5 Å². The third-order valence-corrected chi connectivity index (χ3v) is 3.48. The lowest BCUT2D eigenvalue weighted by atomic mass is 10.3. The standard InChI is InChI=1S/C13H16N4O2S/c1-3-19-11-5-4-9(6-15-11)16-12(18)10-7-20-13(17-10)8(2)14/h4-8H,3,14H2,1-2H3,(H,16,18). The van der Waals surface area contributed by atoms with Crippen LogP contribution in [0.4, 0.5) is 5.69 Å². The summed E-state index contributed by atoms with van der Waals surface area (Å²) < 4.78 is 5.23. The van der Waals surface area contributed by atoms with Gasteiger partial charge in [0, 0.05) is 11.4 Å². The van der Waals surface area contributed by atoms with Crippen LogP contribution < -0.4 is 15.8 Å². The van der Waals surface area contributed by atoms with Crippen LogP contribution in [0.1, 0.15) is 35.4 Å². The zero-order chi connectivity index (χ0) is 14.5. The van der Waals surface area contributed by atoms with E-state index in [-0.39, 0.29) is 11.9 Å². The molecule has 2 rings (SSSR count). The molecule has 7 heteroatoms. The predicted molar refractivity (Wildman–Crippen MR) is 78.1 cm³/mol. The van der Waals surface area contributed by atoms with Crippen molar-refractivity contribution < 1.29 is 9.53 Å². The fraction of sp³-hybridized carbons (Fsp3) is 0.308. The van der Waals surface area contributed by atoms with E-state index in [1.165, 1.54) is 11.3 Å². The normalized spacial score (nSPS) is 11.9.